The van der Waals surface area contributed by atoms with Crippen LogP contribution in [0.3, 0.4) is 0 Å². The highest BCUT2D eigenvalue weighted by molar-refractivity contribution is 7.80. The van der Waals surface area contributed by atoms with E-state index in [1.165, 1.54) is 6.42 Å². The van der Waals surface area contributed by atoms with E-state index in [2.05, 4.69) is 24.5 Å². The average Bonchev–Trinajstić information content (AvgIpc) is 2.66. The molecule has 5 nitrogen and oxygen atoms in total. The number of benzene rings is 1. The van der Waals surface area contributed by atoms with E-state index >= 15 is 0 Å². The third-order valence-electron chi connectivity index (χ3n) is 5.34. The number of rotatable bonds is 6. The maximum absolute atomic E-state index is 13.2. The van der Waals surface area contributed by atoms with Crippen molar-refractivity contribution in [3.63, 3.8) is 0 Å². The van der Waals surface area contributed by atoms with Crippen molar-refractivity contribution in [1.29, 1.82) is 0 Å². The lowest BCUT2D eigenvalue weighted by Crippen LogP contribution is -2.45. The topological polar surface area (TPSA) is 59.6 Å². The van der Waals surface area contributed by atoms with Crippen LogP contribution in [0.4, 0.5) is 0 Å². The first-order valence-corrected chi connectivity index (χ1v) is 10.6. The SMILES string of the molecule is CCCOc1ccccc1[C@@H]1NC(=S)NC(C)=C1C(=O)O[C@H]1CCC[C@H](C)C1. The molecule has 0 aromatic heterocycles. The van der Waals surface area contributed by atoms with Gasteiger partial charge in [-0.25, -0.2) is 4.79 Å². The summed E-state index contributed by atoms with van der Waals surface area (Å²) in [4.78, 5) is 13.2. The number of esters is 1. The molecule has 0 bridgehead atoms. The molecule has 3 atom stereocenters. The molecule has 0 unspecified atom stereocenters. The molecule has 0 spiro atoms. The van der Waals surface area contributed by atoms with E-state index < -0.39 is 6.04 Å². The van der Waals surface area contributed by atoms with Crippen LogP contribution in [0, 0.1) is 5.92 Å². The summed E-state index contributed by atoms with van der Waals surface area (Å²) in [6.07, 6.45) is 5.07. The van der Waals surface area contributed by atoms with Crippen molar-refractivity contribution < 1.29 is 14.3 Å². The molecule has 1 heterocycles. The molecule has 1 aliphatic heterocycles. The smallest absolute Gasteiger partial charge is 0.338 e. The average molecular weight is 403 g/mol. The van der Waals surface area contributed by atoms with Crippen molar-refractivity contribution >= 4 is 23.3 Å². The molecule has 1 aliphatic carbocycles. The Morgan fingerprint density at radius 3 is 2.82 bits per heavy atom. The van der Waals surface area contributed by atoms with E-state index in [0.717, 1.165) is 42.7 Å². The van der Waals surface area contributed by atoms with Gasteiger partial charge in [-0.3, -0.25) is 0 Å². The molecule has 0 radical (unpaired) electrons. The molecule has 152 valence electrons. The lowest BCUT2D eigenvalue weighted by Gasteiger charge is -2.32. The third-order valence-corrected chi connectivity index (χ3v) is 5.56. The summed E-state index contributed by atoms with van der Waals surface area (Å²) >= 11 is 5.36. The predicted octanol–water partition coefficient (Wildman–Crippen LogP) is 4.39. The Labute approximate surface area is 172 Å². The molecule has 3 rings (SSSR count). The quantitative estimate of drug-likeness (QED) is 0.544. The van der Waals surface area contributed by atoms with Crippen molar-refractivity contribution in [2.45, 2.75) is 65.0 Å². The van der Waals surface area contributed by atoms with Gasteiger partial charge in [-0.2, -0.15) is 0 Å². The molecule has 0 amide bonds. The second kappa shape index (κ2) is 9.41. The normalized spacial score (nSPS) is 25.0. The number of carbonyl (C=O) groups excluding carboxylic acids is 1. The van der Waals surface area contributed by atoms with Gasteiger partial charge in [-0.05, 0) is 56.8 Å². The number of para-hydroxylation sites is 1. The zero-order valence-corrected chi connectivity index (χ0v) is 17.7. The summed E-state index contributed by atoms with van der Waals surface area (Å²) in [5.41, 5.74) is 2.19. The van der Waals surface area contributed by atoms with Gasteiger partial charge in [0.05, 0.1) is 18.2 Å². The summed E-state index contributed by atoms with van der Waals surface area (Å²) in [5.74, 6) is 1.07. The minimum Gasteiger partial charge on any atom is -0.493 e. The standard InChI is InChI=1S/C22H30N2O3S/c1-4-12-26-18-11-6-5-10-17(18)20-19(15(3)23-22(28)24-20)21(25)27-16-9-7-8-14(2)13-16/h5-6,10-11,14,16,20H,4,7-9,12-13H2,1-3H3,(H2,23,24,28)/t14-,16-,20-/m0/s1. The van der Waals surface area contributed by atoms with E-state index in [0.29, 0.717) is 23.2 Å². The van der Waals surface area contributed by atoms with Gasteiger partial charge >= 0.3 is 5.97 Å². The zero-order chi connectivity index (χ0) is 20.1. The van der Waals surface area contributed by atoms with E-state index in [1.54, 1.807) is 0 Å². The molecule has 2 aliphatic rings. The highest BCUT2D eigenvalue weighted by Gasteiger charge is 2.34. The van der Waals surface area contributed by atoms with Gasteiger partial charge in [-0.1, -0.05) is 38.5 Å². The number of nitrogens with one attached hydrogen (secondary N) is 2. The largest absolute Gasteiger partial charge is 0.493 e. The molecule has 1 fully saturated rings. The lowest BCUT2D eigenvalue weighted by molar-refractivity contribution is -0.146. The van der Waals surface area contributed by atoms with Crippen molar-refractivity contribution in [1.82, 2.24) is 10.6 Å². The molecule has 2 N–H and O–H groups in total. The van der Waals surface area contributed by atoms with Crippen molar-refractivity contribution in [3.05, 3.63) is 41.1 Å². The van der Waals surface area contributed by atoms with Crippen LogP contribution >= 0.6 is 12.2 Å². The van der Waals surface area contributed by atoms with Gasteiger partial charge in [-0.15, -0.1) is 0 Å². The molecular formula is C22H30N2O3S. The summed E-state index contributed by atoms with van der Waals surface area (Å²) in [5, 5.41) is 6.81. The van der Waals surface area contributed by atoms with Crippen LogP contribution < -0.4 is 15.4 Å². The number of allylic oxidation sites excluding steroid dienone is 1. The van der Waals surface area contributed by atoms with Crippen LogP contribution in [0.2, 0.25) is 0 Å². The van der Waals surface area contributed by atoms with E-state index in [9.17, 15) is 4.79 Å². The molecule has 0 saturated heterocycles. The Balaban J connectivity index is 1.88. The monoisotopic (exact) mass is 402 g/mol. The van der Waals surface area contributed by atoms with Gasteiger partial charge in [0.15, 0.2) is 5.11 Å². The van der Waals surface area contributed by atoms with Gasteiger partial charge in [0.25, 0.3) is 0 Å². The minimum atomic E-state index is -0.393. The van der Waals surface area contributed by atoms with Crippen LogP contribution in [0.25, 0.3) is 0 Å². The second-order valence-corrected chi connectivity index (χ2v) is 8.16. The van der Waals surface area contributed by atoms with Crippen LogP contribution in [0.5, 0.6) is 5.75 Å². The number of hydrogen-bond donors (Lipinski definition) is 2. The molecule has 6 heteroatoms. The first-order valence-electron chi connectivity index (χ1n) is 10.2. The zero-order valence-electron chi connectivity index (χ0n) is 16.9. The summed E-state index contributed by atoms with van der Waals surface area (Å²) in [6, 6.07) is 7.39. The molecule has 28 heavy (non-hydrogen) atoms. The van der Waals surface area contributed by atoms with Crippen LogP contribution in [0.1, 0.15) is 64.5 Å². The van der Waals surface area contributed by atoms with Gasteiger partial charge in [0, 0.05) is 11.3 Å². The summed E-state index contributed by atoms with van der Waals surface area (Å²) in [7, 11) is 0. The molecular weight excluding hydrogens is 372 g/mol. The van der Waals surface area contributed by atoms with Crippen molar-refractivity contribution in [3.8, 4) is 5.75 Å². The predicted molar refractivity (Wildman–Crippen MR) is 114 cm³/mol. The maximum atomic E-state index is 13.2. The fourth-order valence-electron chi connectivity index (χ4n) is 3.96. The van der Waals surface area contributed by atoms with Crippen molar-refractivity contribution in [2.75, 3.05) is 6.61 Å². The fraction of sp³-hybridized carbons (Fsp3) is 0.545. The summed E-state index contributed by atoms with van der Waals surface area (Å²) in [6.45, 7) is 6.78. The third kappa shape index (κ3) is 4.85. The molecule has 1 aromatic carbocycles. The molecule has 1 saturated carbocycles. The van der Waals surface area contributed by atoms with Crippen molar-refractivity contribution in [2.24, 2.45) is 5.92 Å². The Kier molecular flexibility index (Phi) is 6.94. The molecule has 1 aromatic rings. The maximum Gasteiger partial charge on any atom is 0.338 e. The fourth-order valence-corrected chi connectivity index (χ4v) is 4.23. The van der Waals surface area contributed by atoms with Gasteiger partial charge in [0.1, 0.15) is 11.9 Å². The van der Waals surface area contributed by atoms with Gasteiger partial charge in [0.2, 0.25) is 0 Å². The first-order chi connectivity index (χ1) is 13.5. The van der Waals surface area contributed by atoms with E-state index in [1.807, 2.05) is 31.2 Å². The van der Waals surface area contributed by atoms with E-state index in [-0.39, 0.29) is 12.1 Å². The Morgan fingerprint density at radius 1 is 1.29 bits per heavy atom. The van der Waals surface area contributed by atoms with Crippen LogP contribution in [0.15, 0.2) is 35.5 Å². The Bertz CT molecular complexity index is 762. The number of hydrogen-bond acceptors (Lipinski definition) is 4. The second-order valence-electron chi connectivity index (χ2n) is 7.76. The Hall–Kier alpha value is -2.08. The van der Waals surface area contributed by atoms with Crippen LogP contribution in [-0.4, -0.2) is 23.8 Å². The van der Waals surface area contributed by atoms with Crippen LogP contribution in [-0.2, 0) is 9.53 Å². The Morgan fingerprint density at radius 2 is 2.07 bits per heavy atom. The minimum absolute atomic E-state index is 0.0161. The highest BCUT2D eigenvalue weighted by atomic mass is 32.1. The number of thiocarbonyl (C=S) groups is 1. The highest BCUT2D eigenvalue weighted by Crippen LogP contribution is 2.35. The number of ether oxygens (including phenoxy) is 2. The van der Waals surface area contributed by atoms with E-state index in [4.69, 9.17) is 21.7 Å². The first kappa shape index (κ1) is 20.6. The lowest BCUT2D eigenvalue weighted by atomic mass is 9.88. The number of carbonyl (C=O) groups is 1. The summed E-state index contributed by atoms with van der Waals surface area (Å²) < 4.78 is 11.8. The van der Waals surface area contributed by atoms with Gasteiger partial charge < -0.3 is 20.1 Å².